The lowest BCUT2D eigenvalue weighted by atomic mass is 10.0. The van der Waals surface area contributed by atoms with Gasteiger partial charge in [-0.05, 0) is 50.4 Å². The van der Waals surface area contributed by atoms with Crippen molar-refractivity contribution in [2.24, 2.45) is 0 Å². The summed E-state index contributed by atoms with van der Waals surface area (Å²) in [4.78, 5) is 2.75. The van der Waals surface area contributed by atoms with E-state index < -0.39 is 0 Å². The third-order valence-corrected chi connectivity index (χ3v) is 4.97. The first kappa shape index (κ1) is 15.1. The molecule has 1 aliphatic heterocycles. The molecule has 1 aromatic rings. The SMILES string of the molecule is CCCC(Cc1ccccc1Br)N1CCCCCC1. The Balaban J connectivity index is 2.04. The molecule has 0 radical (unpaired) electrons. The average Bonchev–Trinajstić information content (AvgIpc) is 2.69. The molecule has 0 bridgehead atoms. The number of likely N-dealkylation sites (tertiary alicyclic amines) is 1. The van der Waals surface area contributed by atoms with Crippen molar-refractivity contribution in [1.29, 1.82) is 0 Å². The predicted molar refractivity (Wildman–Crippen MR) is 86.6 cm³/mol. The van der Waals surface area contributed by atoms with Gasteiger partial charge >= 0.3 is 0 Å². The third kappa shape index (κ3) is 4.61. The second-order valence-corrected chi connectivity index (χ2v) is 6.54. The molecule has 1 unspecified atom stereocenters. The van der Waals surface area contributed by atoms with Crippen molar-refractivity contribution in [2.75, 3.05) is 13.1 Å². The summed E-state index contributed by atoms with van der Waals surface area (Å²) in [7, 11) is 0. The molecule has 0 N–H and O–H groups in total. The summed E-state index contributed by atoms with van der Waals surface area (Å²) in [6.45, 7) is 4.91. The largest absolute Gasteiger partial charge is 0.300 e. The zero-order valence-corrected chi connectivity index (χ0v) is 13.7. The van der Waals surface area contributed by atoms with E-state index in [2.05, 4.69) is 52.0 Å². The second-order valence-electron chi connectivity index (χ2n) is 5.69. The van der Waals surface area contributed by atoms with Gasteiger partial charge in [-0.2, -0.15) is 0 Å². The normalized spacial score (nSPS) is 19.1. The topological polar surface area (TPSA) is 3.24 Å². The molecule has 19 heavy (non-hydrogen) atoms. The second kappa shape index (κ2) is 8.06. The summed E-state index contributed by atoms with van der Waals surface area (Å²) in [5, 5.41) is 0. The van der Waals surface area contributed by atoms with Gasteiger partial charge in [-0.25, -0.2) is 0 Å². The minimum Gasteiger partial charge on any atom is -0.300 e. The van der Waals surface area contributed by atoms with E-state index in [0.717, 1.165) is 6.04 Å². The Hall–Kier alpha value is -0.340. The molecule has 2 heteroatoms. The highest BCUT2D eigenvalue weighted by molar-refractivity contribution is 9.10. The molecule has 0 spiro atoms. The molecule has 1 saturated heterocycles. The van der Waals surface area contributed by atoms with Crippen LogP contribution >= 0.6 is 15.9 Å². The molecule has 1 atom stereocenters. The summed E-state index contributed by atoms with van der Waals surface area (Å²) in [6, 6.07) is 9.42. The molecule has 1 aliphatic rings. The van der Waals surface area contributed by atoms with Gasteiger partial charge in [-0.1, -0.05) is 60.3 Å². The Morgan fingerprint density at radius 1 is 1.11 bits per heavy atom. The fraction of sp³-hybridized carbons (Fsp3) is 0.647. The van der Waals surface area contributed by atoms with Crippen LogP contribution in [0.4, 0.5) is 0 Å². The minimum absolute atomic E-state index is 0.724. The van der Waals surface area contributed by atoms with E-state index in [0.29, 0.717) is 0 Å². The summed E-state index contributed by atoms with van der Waals surface area (Å²) in [5.74, 6) is 0. The van der Waals surface area contributed by atoms with E-state index in [1.54, 1.807) is 0 Å². The standard InChI is InChI=1S/C17H26BrN/c1-2-9-16(19-12-7-3-4-8-13-19)14-15-10-5-6-11-17(15)18/h5-6,10-11,16H,2-4,7-9,12-14H2,1H3. The van der Waals surface area contributed by atoms with Gasteiger partial charge in [0.1, 0.15) is 0 Å². The molecule has 0 aliphatic carbocycles. The van der Waals surface area contributed by atoms with Crippen LogP contribution in [0.2, 0.25) is 0 Å². The highest BCUT2D eigenvalue weighted by Crippen LogP contribution is 2.23. The van der Waals surface area contributed by atoms with Crippen LogP contribution in [0, 0.1) is 0 Å². The molecule has 2 rings (SSSR count). The first-order valence-corrected chi connectivity index (χ1v) is 8.58. The van der Waals surface area contributed by atoms with Crippen LogP contribution in [0.1, 0.15) is 51.0 Å². The molecule has 1 aromatic carbocycles. The van der Waals surface area contributed by atoms with Crippen LogP contribution in [0.5, 0.6) is 0 Å². The van der Waals surface area contributed by atoms with Crippen LogP contribution in [0.15, 0.2) is 28.7 Å². The highest BCUT2D eigenvalue weighted by atomic mass is 79.9. The van der Waals surface area contributed by atoms with E-state index in [-0.39, 0.29) is 0 Å². The van der Waals surface area contributed by atoms with Gasteiger partial charge in [-0.3, -0.25) is 0 Å². The van der Waals surface area contributed by atoms with Crippen LogP contribution in [-0.2, 0) is 6.42 Å². The monoisotopic (exact) mass is 323 g/mol. The van der Waals surface area contributed by atoms with Crippen molar-refractivity contribution in [1.82, 2.24) is 4.90 Å². The van der Waals surface area contributed by atoms with Crippen LogP contribution in [-0.4, -0.2) is 24.0 Å². The van der Waals surface area contributed by atoms with Gasteiger partial charge in [0.15, 0.2) is 0 Å². The van der Waals surface area contributed by atoms with E-state index in [1.165, 1.54) is 68.1 Å². The number of benzene rings is 1. The first-order chi connectivity index (χ1) is 9.31. The van der Waals surface area contributed by atoms with E-state index in [1.807, 2.05) is 0 Å². The van der Waals surface area contributed by atoms with Crippen molar-refractivity contribution >= 4 is 15.9 Å². The molecular weight excluding hydrogens is 298 g/mol. The third-order valence-electron chi connectivity index (χ3n) is 4.19. The van der Waals surface area contributed by atoms with E-state index in [4.69, 9.17) is 0 Å². The fourth-order valence-electron chi connectivity index (χ4n) is 3.13. The van der Waals surface area contributed by atoms with Crippen molar-refractivity contribution in [3.63, 3.8) is 0 Å². The van der Waals surface area contributed by atoms with Gasteiger partial charge in [0.05, 0.1) is 0 Å². The Morgan fingerprint density at radius 3 is 2.42 bits per heavy atom. The molecule has 1 heterocycles. The van der Waals surface area contributed by atoms with Crippen molar-refractivity contribution < 1.29 is 0 Å². The zero-order valence-electron chi connectivity index (χ0n) is 12.1. The Labute approximate surface area is 126 Å². The lowest BCUT2D eigenvalue weighted by Crippen LogP contribution is -2.37. The van der Waals surface area contributed by atoms with Crippen LogP contribution < -0.4 is 0 Å². The van der Waals surface area contributed by atoms with Gasteiger partial charge in [0, 0.05) is 10.5 Å². The first-order valence-electron chi connectivity index (χ1n) is 7.78. The molecule has 0 saturated carbocycles. The molecule has 1 nitrogen and oxygen atoms in total. The van der Waals surface area contributed by atoms with Crippen LogP contribution in [0.3, 0.4) is 0 Å². The predicted octanol–water partition coefficient (Wildman–Crippen LogP) is 5.04. The lowest BCUT2D eigenvalue weighted by Gasteiger charge is -2.31. The maximum atomic E-state index is 3.70. The highest BCUT2D eigenvalue weighted by Gasteiger charge is 2.20. The van der Waals surface area contributed by atoms with Crippen LogP contribution in [0.25, 0.3) is 0 Å². The fourth-order valence-corrected chi connectivity index (χ4v) is 3.57. The zero-order chi connectivity index (χ0) is 13.5. The summed E-state index contributed by atoms with van der Waals surface area (Å²) in [5.41, 5.74) is 1.46. The Morgan fingerprint density at radius 2 is 1.79 bits per heavy atom. The number of hydrogen-bond donors (Lipinski definition) is 0. The smallest absolute Gasteiger partial charge is 0.0207 e. The number of halogens is 1. The number of rotatable bonds is 5. The molecular formula is C17H26BrN. The van der Waals surface area contributed by atoms with Crippen molar-refractivity contribution in [2.45, 2.75) is 57.9 Å². The van der Waals surface area contributed by atoms with Gasteiger partial charge in [0.2, 0.25) is 0 Å². The summed E-state index contributed by atoms with van der Waals surface area (Å²) in [6.07, 6.45) is 9.41. The molecule has 1 fully saturated rings. The quantitative estimate of drug-likeness (QED) is 0.734. The average molecular weight is 324 g/mol. The van der Waals surface area contributed by atoms with Crippen molar-refractivity contribution in [3.05, 3.63) is 34.3 Å². The molecule has 0 amide bonds. The maximum Gasteiger partial charge on any atom is 0.0207 e. The molecule has 106 valence electrons. The van der Waals surface area contributed by atoms with Gasteiger partial charge in [-0.15, -0.1) is 0 Å². The Kier molecular flexibility index (Phi) is 6.39. The minimum atomic E-state index is 0.724. The maximum absolute atomic E-state index is 3.70. The molecule has 0 aromatic heterocycles. The van der Waals surface area contributed by atoms with Gasteiger partial charge in [0.25, 0.3) is 0 Å². The number of nitrogens with zero attached hydrogens (tertiary/aromatic N) is 1. The lowest BCUT2D eigenvalue weighted by molar-refractivity contribution is 0.191. The summed E-state index contributed by atoms with van der Waals surface area (Å²) >= 11 is 3.70. The van der Waals surface area contributed by atoms with E-state index in [9.17, 15) is 0 Å². The Bertz CT molecular complexity index is 369. The van der Waals surface area contributed by atoms with E-state index >= 15 is 0 Å². The number of hydrogen-bond acceptors (Lipinski definition) is 1. The van der Waals surface area contributed by atoms with Gasteiger partial charge < -0.3 is 4.90 Å². The summed E-state index contributed by atoms with van der Waals surface area (Å²) < 4.78 is 1.27. The van der Waals surface area contributed by atoms with Crippen molar-refractivity contribution in [3.8, 4) is 0 Å².